The van der Waals surface area contributed by atoms with Crippen LogP contribution < -0.4 is 10.6 Å². The van der Waals surface area contributed by atoms with Crippen LogP contribution in [-0.2, 0) is 10.2 Å². The highest BCUT2D eigenvalue weighted by Gasteiger charge is 2.24. The van der Waals surface area contributed by atoms with E-state index in [1.807, 2.05) is 36.5 Å². The van der Waals surface area contributed by atoms with Crippen molar-refractivity contribution in [3.8, 4) is 0 Å². The number of carbonyl (C=O) groups excluding carboxylic acids is 2. The molecule has 0 radical (unpaired) electrons. The van der Waals surface area contributed by atoms with Crippen LogP contribution >= 0.6 is 11.3 Å². The van der Waals surface area contributed by atoms with Crippen molar-refractivity contribution in [2.24, 2.45) is 0 Å². The minimum atomic E-state index is -0.463. The molecule has 3 aromatic rings. The van der Waals surface area contributed by atoms with Gasteiger partial charge in [-0.1, -0.05) is 20.8 Å². The van der Waals surface area contributed by atoms with Crippen LogP contribution in [0.5, 0.6) is 0 Å². The summed E-state index contributed by atoms with van der Waals surface area (Å²) in [6.45, 7) is 6.15. The number of rotatable bonds is 3. The van der Waals surface area contributed by atoms with Gasteiger partial charge in [-0.3, -0.25) is 0 Å². The summed E-state index contributed by atoms with van der Waals surface area (Å²) >= 11 is 1.33. The normalized spacial score (nSPS) is 11.4. The average molecular weight is 371 g/mol. The fraction of sp³-hybridized carbons (Fsp3) is 0.263. The molecule has 0 aliphatic rings. The molecular weight excluding hydrogens is 350 g/mol. The first-order valence-corrected chi connectivity index (χ1v) is 8.97. The molecule has 0 unspecified atom stereocenters. The molecule has 0 bridgehead atoms. The molecule has 0 atom stereocenters. The summed E-state index contributed by atoms with van der Waals surface area (Å²) in [5, 5.41) is 6.56. The number of methoxy groups -OCH3 is 1. The molecule has 0 aliphatic heterocycles. The molecule has 2 heterocycles. The number of hydrogen-bond acceptors (Lipinski definition) is 4. The maximum Gasteiger partial charge on any atom is 0.350 e. The maximum atomic E-state index is 12.4. The Hall–Kier alpha value is -2.80. The van der Waals surface area contributed by atoms with E-state index < -0.39 is 12.0 Å². The number of amides is 2. The fourth-order valence-corrected chi connectivity index (χ4v) is 3.60. The first-order chi connectivity index (χ1) is 12.3. The van der Waals surface area contributed by atoms with E-state index in [-0.39, 0.29) is 5.41 Å². The van der Waals surface area contributed by atoms with E-state index in [2.05, 4.69) is 36.4 Å². The summed E-state index contributed by atoms with van der Waals surface area (Å²) in [5.74, 6) is -0.463. The van der Waals surface area contributed by atoms with E-state index >= 15 is 0 Å². The zero-order valence-electron chi connectivity index (χ0n) is 15.1. The summed E-state index contributed by atoms with van der Waals surface area (Å²) in [5.41, 5.74) is 1.98. The lowest BCUT2D eigenvalue weighted by atomic mass is 9.94. The second kappa shape index (κ2) is 6.84. The van der Waals surface area contributed by atoms with Crippen molar-refractivity contribution in [3.05, 3.63) is 46.3 Å². The molecule has 7 heteroatoms. The second-order valence-corrected chi connectivity index (χ2v) is 8.01. The summed E-state index contributed by atoms with van der Waals surface area (Å²) in [7, 11) is 1.33. The van der Waals surface area contributed by atoms with E-state index in [4.69, 9.17) is 4.74 Å². The van der Waals surface area contributed by atoms with E-state index in [0.29, 0.717) is 16.3 Å². The number of carbonyl (C=O) groups is 2. The highest BCUT2D eigenvalue weighted by atomic mass is 32.1. The molecule has 136 valence electrons. The van der Waals surface area contributed by atoms with Crippen molar-refractivity contribution in [3.63, 3.8) is 0 Å². The number of benzene rings is 1. The minimum absolute atomic E-state index is 0.136. The van der Waals surface area contributed by atoms with Crippen LogP contribution in [0.2, 0.25) is 0 Å². The third-order valence-corrected chi connectivity index (χ3v) is 5.44. The quantitative estimate of drug-likeness (QED) is 0.569. The molecule has 0 saturated heterocycles. The minimum Gasteiger partial charge on any atom is -0.465 e. The Labute approximate surface area is 155 Å². The van der Waals surface area contributed by atoms with Crippen molar-refractivity contribution in [1.82, 2.24) is 4.98 Å². The molecule has 26 heavy (non-hydrogen) atoms. The van der Waals surface area contributed by atoms with Crippen molar-refractivity contribution >= 4 is 45.6 Å². The third kappa shape index (κ3) is 3.72. The van der Waals surface area contributed by atoms with Crippen molar-refractivity contribution in [2.45, 2.75) is 26.2 Å². The first kappa shape index (κ1) is 18.0. The highest BCUT2D eigenvalue weighted by Crippen LogP contribution is 2.36. The van der Waals surface area contributed by atoms with Gasteiger partial charge in [-0.15, -0.1) is 11.3 Å². The number of nitrogens with one attached hydrogen (secondary N) is 3. The van der Waals surface area contributed by atoms with Crippen LogP contribution in [-0.4, -0.2) is 24.1 Å². The smallest absolute Gasteiger partial charge is 0.350 e. The van der Waals surface area contributed by atoms with Gasteiger partial charge in [0.25, 0.3) is 0 Å². The van der Waals surface area contributed by atoms with Crippen LogP contribution in [0, 0.1) is 0 Å². The number of fused-ring (bicyclic) bond motifs is 1. The SMILES string of the molecule is COC(=O)c1sc(C(C)(C)C)cc1NC(=O)Nc1ccc2[nH]ccc2c1. The number of anilines is 2. The van der Waals surface area contributed by atoms with Gasteiger partial charge >= 0.3 is 12.0 Å². The van der Waals surface area contributed by atoms with Crippen LogP contribution in [0.15, 0.2) is 36.5 Å². The molecule has 2 aromatic heterocycles. The van der Waals surface area contributed by atoms with E-state index in [1.165, 1.54) is 18.4 Å². The largest absolute Gasteiger partial charge is 0.465 e. The number of esters is 1. The maximum absolute atomic E-state index is 12.4. The van der Waals surface area contributed by atoms with E-state index in [1.54, 1.807) is 0 Å². The van der Waals surface area contributed by atoms with Gasteiger partial charge in [0.15, 0.2) is 0 Å². The summed E-state index contributed by atoms with van der Waals surface area (Å²) in [6.07, 6.45) is 1.84. The van der Waals surface area contributed by atoms with Gasteiger partial charge in [0.1, 0.15) is 4.88 Å². The van der Waals surface area contributed by atoms with Crippen LogP contribution in [0.1, 0.15) is 35.3 Å². The zero-order chi connectivity index (χ0) is 18.9. The van der Waals surface area contributed by atoms with Gasteiger partial charge in [0.05, 0.1) is 12.8 Å². The number of thiophene rings is 1. The summed E-state index contributed by atoms with van der Waals surface area (Å²) in [4.78, 5) is 28.9. The number of ether oxygens (including phenoxy) is 1. The Morgan fingerprint density at radius 3 is 2.58 bits per heavy atom. The van der Waals surface area contributed by atoms with Gasteiger partial charge < -0.3 is 20.4 Å². The molecule has 0 aliphatic carbocycles. The zero-order valence-corrected chi connectivity index (χ0v) is 15.9. The van der Waals surface area contributed by atoms with Crippen LogP contribution in [0.4, 0.5) is 16.2 Å². The Balaban J connectivity index is 1.81. The van der Waals surface area contributed by atoms with E-state index in [0.717, 1.165) is 15.8 Å². The van der Waals surface area contributed by atoms with E-state index in [9.17, 15) is 9.59 Å². The molecular formula is C19H21N3O3S. The van der Waals surface area contributed by atoms with Crippen molar-refractivity contribution < 1.29 is 14.3 Å². The number of aromatic amines is 1. The van der Waals surface area contributed by atoms with Crippen LogP contribution in [0.25, 0.3) is 10.9 Å². The number of H-pyrrole nitrogens is 1. The average Bonchev–Trinajstić information content (AvgIpc) is 3.20. The Kier molecular flexibility index (Phi) is 4.73. The molecule has 3 N–H and O–H groups in total. The number of urea groups is 1. The molecule has 3 rings (SSSR count). The van der Waals surface area contributed by atoms with Gasteiger partial charge in [0, 0.05) is 27.7 Å². The third-order valence-electron chi connectivity index (χ3n) is 3.90. The Bertz CT molecular complexity index is 966. The highest BCUT2D eigenvalue weighted by molar-refractivity contribution is 7.14. The van der Waals surface area contributed by atoms with Gasteiger partial charge in [-0.25, -0.2) is 9.59 Å². The molecule has 6 nitrogen and oxygen atoms in total. The van der Waals surface area contributed by atoms with Gasteiger partial charge in [-0.2, -0.15) is 0 Å². The lowest BCUT2D eigenvalue weighted by Gasteiger charge is -2.15. The summed E-state index contributed by atoms with van der Waals surface area (Å²) < 4.78 is 4.84. The second-order valence-electron chi connectivity index (χ2n) is 6.95. The number of aromatic nitrogens is 1. The van der Waals surface area contributed by atoms with Crippen molar-refractivity contribution in [2.75, 3.05) is 17.7 Å². The van der Waals surface area contributed by atoms with Gasteiger partial charge in [0.2, 0.25) is 0 Å². The first-order valence-electron chi connectivity index (χ1n) is 8.15. The molecule has 1 aromatic carbocycles. The van der Waals surface area contributed by atoms with Gasteiger partial charge in [-0.05, 0) is 35.7 Å². The lowest BCUT2D eigenvalue weighted by Crippen LogP contribution is -2.20. The Morgan fingerprint density at radius 1 is 1.12 bits per heavy atom. The standard InChI is InChI=1S/C19H21N3O3S/c1-19(2,3)15-10-14(16(26-15)17(23)25-4)22-18(24)21-12-5-6-13-11(9-12)7-8-20-13/h5-10,20H,1-4H3,(H2,21,22,24). The monoisotopic (exact) mass is 371 g/mol. The van der Waals surface area contributed by atoms with Crippen molar-refractivity contribution in [1.29, 1.82) is 0 Å². The lowest BCUT2D eigenvalue weighted by molar-refractivity contribution is 0.0607. The predicted octanol–water partition coefficient (Wildman–Crippen LogP) is 4.96. The summed E-state index contributed by atoms with van der Waals surface area (Å²) in [6, 6.07) is 8.93. The molecule has 0 spiro atoms. The number of hydrogen-bond donors (Lipinski definition) is 3. The fourth-order valence-electron chi connectivity index (χ4n) is 2.51. The molecule has 2 amide bonds. The topological polar surface area (TPSA) is 83.2 Å². The molecule has 0 fully saturated rings. The predicted molar refractivity (Wildman–Crippen MR) is 105 cm³/mol. The Morgan fingerprint density at radius 2 is 1.88 bits per heavy atom. The molecule has 0 saturated carbocycles. The van der Waals surface area contributed by atoms with Crippen LogP contribution in [0.3, 0.4) is 0 Å².